The zero-order chi connectivity index (χ0) is 13.4. The summed E-state index contributed by atoms with van der Waals surface area (Å²) in [6.45, 7) is 6.11. The van der Waals surface area contributed by atoms with Gasteiger partial charge in [-0.05, 0) is 33.6 Å². The van der Waals surface area contributed by atoms with Crippen molar-refractivity contribution in [2.75, 3.05) is 6.54 Å². The summed E-state index contributed by atoms with van der Waals surface area (Å²) in [5, 5.41) is 0. The van der Waals surface area contributed by atoms with Gasteiger partial charge in [-0.1, -0.05) is 6.42 Å². The van der Waals surface area contributed by atoms with Crippen molar-refractivity contribution < 1.29 is 9.53 Å². The molecule has 1 aliphatic rings. The topological polar surface area (TPSA) is 70.1 Å². The fourth-order valence-electron chi connectivity index (χ4n) is 2.18. The van der Waals surface area contributed by atoms with Crippen LogP contribution >= 0.6 is 0 Å². The monoisotopic (exact) mass is 251 g/mol. The number of nitrogens with two attached hydrogens (primary N) is 1. The Bertz CT molecular complexity index is 436. The molecule has 0 aliphatic heterocycles. The Morgan fingerprint density at radius 2 is 2.22 bits per heavy atom. The minimum Gasteiger partial charge on any atom is -0.443 e. The van der Waals surface area contributed by atoms with Crippen molar-refractivity contribution in [2.24, 2.45) is 5.73 Å². The zero-order valence-corrected chi connectivity index (χ0v) is 11.3. The highest BCUT2D eigenvalue weighted by Gasteiger charge is 2.39. The number of imidazole rings is 1. The Kier molecular flexibility index (Phi) is 3.19. The van der Waals surface area contributed by atoms with Gasteiger partial charge in [0, 0.05) is 18.2 Å². The van der Waals surface area contributed by atoms with Crippen molar-refractivity contribution in [1.82, 2.24) is 9.55 Å². The van der Waals surface area contributed by atoms with Crippen LogP contribution < -0.4 is 5.73 Å². The maximum Gasteiger partial charge on any atom is 0.419 e. The maximum atomic E-state index is 11.9. The molecule has 0 spiro atoms. The molecule has 1 fully saturated rings. The average molecular weight is 251 g/mol. The molecular formula is C13H21N3O2. The molecule has 0 radical (unpaired) electrons. The van der Waals surface area contributed by atoms with Crippen molar-refractivity contribution >= 4 is 6.09 Å². The van der Waals surface area contributed by atoms with Gasteiger partial charge in [0.15, 0.2) is 0 Å². The second-order valence-electron chi connectivity index (χ2n) is 5.98. The SMILES string of the molecule is CC(C)(C)OC(=O)n1cnc(C2(CN)CCC2)c1. The third-order valence-electron chi connectivity index (χ3n) is 3.43. The van der Waals surface area contributed by atoms with Crippen molar-refractivity contribution in [1.29, 1.82) is 0 Å². The second kappa shape index (κ2) is 4.39. The summed E-state index contributed by atoms with van der Waals surface area (Å²) in [4.78, 5) is 16.2. The molecule has 0 bridgehead atoms. The van der Waals surface area contributed by atoms with Crippen LogP contribution in [0.2, 0.25) is 0 Å². The first-order chi connectivity index (χ1) is 8.36. The number of rotatable bonds is 2. The quantitative estimate of drug-likeness (QED) is 0.873. The molecule has 5 nitrogen and oxygen atoms in total. The van der Waals surface area contributed by atoms with Crippen molar-refractivity contribution in [2.45, 2.75) is 51.0 Å². The van der Waals surface area contributed by atoms with Gasteiger partial charge in [-0.25, -0.2) is 14.3 Å². The van der Waals surface area contributed by atoms with Crippen LogP contribution in [0.4, 0.5) is 4.79 Å². The van der Waals surface area contributed by atoms with Gasteiger partial charge in [-0.3, -0.25) is 0 Å². The third-order valence-corrected chi connectivity index (χ3v) is 3.43. The number of aromatic nitrogens is 2. The lowest BCUT2D eigenvalue weighted by Gasteiger charge is -2.39. The van der Waals surface area contributed by atoms with E-state index in [0.717, 1.165) is 18.5 Å². The Balaban J connectivity index is 2.13. The fraction of sp³-hybridized carbons (Fsp3) is 0.692. The van der Waals surface area contributed by atoms with Crippen LogP contribution in [-0.2, 0) is 10.2 Å². The number of hydrogen-bond donors (Lipinski definition) is 1. The molecule has 1 saturated carbocycles. The number of hydrogen-bond acceptors (Lipinski definition) is 4. The number of carbonyl (C=O) groups excluding carboxylic acids is 1. The molecule has 1 aromatic rings. The van der Waals surface area contributed by atoms with E-state index in [0.29, 0.717) is 6.54 Å². The Morgan fingerprint density at radius 3 is 2.67 bits per heavy atom. The van der Waals surface area contributed by atoms with E-state index in [-0.39, 0.29) is 5.41 Å². The number of nitrogens with zero attached hydrogens (tertiary/aromatic N) is 2. The van der Waals surface area contributed by atoms with E-state index in [9.17, 15) is 4.79 Å². The maximum absolute atomic E-state index is 11.9. The lowest BCUT2D eigenvalue weighted by atomic mass is 9.67. The van der Waals surface area contributed by atoms with Gasteiger partial charge < -0.3 is 10.5 Å². The Labute approximate surface area is 107 Å². The van der Waals surface area contributed by atoms with Gasteiger partial charge in [-0.15, -0.1) is 0 Å². The molecule has 0 atom stereocenters. The molecule has 1 aliphatic carbocycles. The summed E-state index contributed by atoms with van der Waals surface area (Å²) < 4.78 is 6.69. The van der Waals surface area contributed by atoms with E-state index in [4.69, 9.17) is 10.5 Å². The summed E-state index contributed by atoms with van der Waals surface area (Å²) in [6.07, 6.45) is 6.15. The average Bonchev–Trinajstić information content (AvgIpc) is 2.64. The van der Waals surface area contributed by atoms with Crippen LogP contribution in [0, 0.1) is 0 Å². The highest BCUT2D eigenvalue weighted by atomic mass is 16.6. The summed E-state index contributed by atoms with van der Waals surface area (Å²) in [6, 6.07) is 0. The first kappa shape index (κ1) is 13.1. The molecular weight excluding hydrogens is 230 g/mol. The molecule has 1 heterocycles. The van der Waals surface area contributed by atoms with E-state index < -0.39 is 11.7 Å². The smallest absolute Gasteiger partial charge is 0.419 e. The van der Waals surface area contributed by atoms with Gasteiger partial charge in [0.2, 0.25) is 0 Å². The normalized spacial score (nSPS) is 18.2. The zero-order valence-electron chi connectivity index (χ0n) is 11.3. The lowest BCUT2D eigenvalue weighted by molar-refractivity contribution is 0.0536. The van der Waals surface area contributed by atoms with E-state index in [1.54, 1.807) is 6.20 Å². The molecule has 2 rings (SSSR count). The van der Waals surface area contributed by atoms with Crippen LogP contribution in [0.1, 0.15) is 45.7 Å². The predicted molar refractivity (Wildman–Crippen MR) is 68.4 cm³/mol. The van der Waals surface area contributed by atoms with E-state index in [1.165, 1.54) is 17.3 Å². The van der Waals surface area contributed by atoms with E-state index in [1.807, 2.05) is 20.8 Å². The molecule has 18 heavy (non-hydrogen) atoms. The third kappa shape index (κ3) is 2.41. The van der Waals surface area contributed by atoms with Crippen molar-refractivity contribution in [3.05, 3.63) is 18.2 Å². The Hall–Kier alpha value is -1.36. The first-order valence-corrected chi connectivity index (χ1v) is 6.34. The highest BCUT2D eigenvalue weighted by Crippen LogP contribution is 2.41. The molecule has 0 unspecified atom stereocenters. The largest absolute Gasteiger partial charge is 0.443 e. The first-order valence-electron chi connectivity index (χ1n) is 6.34. The highest BCUT2D eigenvalue weighted by molar-refractivity contribution is 5.70. The molecule has 0 saturated heterocycles. The van der Waals surface area contributed by atoms with Gasteiger partial charge in [0.05, 0.1) is 5.69 Å². The molecule has 0 amide bonds. The summed E-state index contributed by atoms with van der Waals surface area (Å²) in [5.41, 5.74) is 6.21. The van der Waals surface area contributed by atoms with Crippen LogP contribution in [0.15, 0.2) is 12.5 Å². The van der Waals surface area contributed by atoms with E-state index in [2.05, 4.69) is 4.98 Å². The lowest BCUT2D eigenvalue weighted by Crippen LogP contribution is -2.41. The summed E-state index contributed by atoms with van der Waals surface area (Å²) in [7, 11) is 0. The molecule has 5 heteroatoms. The molecule has 2 N–H and O–H groups in total. The van der Waals surface area contributed by atoms with Crippen LogP contribution in [0.25, 0.3) is 0 Å². The molecule has 0 aromatic carbocycles. The molecule has 1 aromatic heterocycles. The van der Waals surface area contributed by atoms with Crippen LogP contribution in [0.5, 0.6) is 0 Å². The number of ether oxygens (including phenoxy) is 1. The standard InChI is InChI=1S/C13H21N3O2/c1-12(2,3)18-11(17)16-7-10(15-9-16)13(8-14)5-4-6-13/h7,9H,4-6,8,14H2,1-3H3. The summed E-state index contributed by atoms with van der Waals surface area (Å²) in [5.74, 6) is 0. The van der Waals surface area contributed by atoms with Crippen molar-refractivity contribution in [3.63, 3.8) is 0 Å². The summed E-state index contributed by atoms with van der Waals surface area (Å²) >= 11 is 0. The van der Waals surface area contributed by atoms with Gasteiger partial charge in [0.25, 0.3) is 0 Å². The number of carbonyl (C=O) groups is 1. The van der Waals surface area contributed by atoms with Crippen LogP contribution in [0.3, 0.4) is 0 Å². The van der Waals surface area contributed by atoms with Gasteiger partial charge >= 0.3 is 6.09 Å². The predicted octanol–water partition coefficient (Wildman–Crippen LogP) is 2.05. The minimum atomic E-state index is -0.496. The molecule has 100 valence electrons. The fourth-order valence-corrected chi connectivity index (χ4v) is 2.18. The Morgan fingerprint density at radius 1 is 1.56 bits per heavy atom. The van der Waals surface area contributed by atoms with E-state index >= 15 is 0 Å². The van der Waals surface area contributed by atoms with Crippen molar-refractivity contribution in [3.8, 4) is 0 Å². The van der Waals surface area contributed by atoms with Gasteiger partial charge in [-0.2, -0.15) is 0 Å². The minimum absolute atomic E-state index is 0.0206. The van der Waals surface area contributed by atoms with Crippen LogP contribution in [-0.4, -0.2) is 27.8 Å². The second-order valence-corrected chi connectivity index (χ2v) is 5.98. The van der Waals surface area contributed by atoms with Gasteiger partial charge in [0.1, 0.15) is 11.9 Å².